The van der Waals surface area contributed by atoms with E-state index in [4.69, 9.17) is 5.73 Å². The first-order chi connectivity index (χ1) is 7.84. The van der Waals surface area contributed by atoms with E-state index in [0.717, 1.165) is 29.4 Å². The van der Waals surface area contributed by atoms with Crippen molar-refractivity contribution in [1.82, 2.24) is 9.38 Å². The van der Waals surface area contributed by atoms with E-state index in [1.165, 1.54) is 17.9 Å². The maximum absolute atomic E-state index is 5.91. The van der Waals surface area contributed by atoms with Crippen molar-refractivity contribution in [1.29, 1.82) is 0 Å². The van der Waals surface area contributed by atoms with Crippen LogP contribution in [0.3, 0.4) is 0 Å². The van der Waals surface area contributed by atoms with Crippen LogP contribution in [-0.4, -0.2) is 20.9 Å². The zero-order valence-corrected chi connectivity index (χ0v) is 9.91. The molecular weight excluding hydrogens is 218 g/mol. The lowest BCUT2D eigenvalue weighted by molar-refractivity contribution is 0.574. The Balaban J connectivity index is 1.94. The van der Waals surface area contributed by atoms with Crippen LogP contribution in [0.25, 0.3) is 5.52 Å². The number of nitrogen functional groups attached to an aromatic ring is 1. The molecule has 1 aliphatic heterocycles. The molecule has 0 saturated carbocycles. The van der Waals surface area contributed by atoms with Gasteiger partial charge in [0, 0.05) is 12.6 Å². The fourth-order valence-electron chi connectivity index (χ4n) is 2.25. The average Bonchev–Trinajstić information content (AvgIpc) is 2.90. The Labute approximate surface area is 99.1 Å². The molecule has 84 valence electrons. The van der Waals surface area contributed by atoms with E-state index in [2.05, 4.69) is 27.3 Å². The number of anilines is 1. The van der Waals surface area contributed by atoms with Crippen LogP contribution >= 0.6 is 11.8 Å². The number of imidazole rings is 1. The molecule has 2 N–H and O–H groups in total. The van der Waals surface area contributed by atoms with Gasteiger partial charge >= 0.3 is 0 Å². The van der Waals surface area contributed by atoms with E-state index in [0.29, 0.717) is 0 Å². The lowest BCUT2D eigenvalue weighted by Crippen LogP contribution is -2.06. The van der Waals surface area contributed by atoms with Gasteiger partial charge < -0.3 is 10.1 Å². The zero-order chi connectivity index (χ0) is 11.0. The van der Waals surface area contributed by atoms with Crippen LogP contribution in [0.2, 0.25) is 0 Å². The van der Waals surface area contributed by atoms with Crippen LogP contribution in [-0.2, 0) is 6.42 Å². The molecule has 1 unspecified atom stereocenters. The highest BCUT2D eigenvalue weighted by Crippen LogP contribution is 2.27. The minimum absolute atomic E-state index is 0.789. The third-order valence-corrected chi connectivity index (χ3v) is 4.41. The smallest absolute Gasteiger partial charge is 0.113 e. The Hall–Kier alpha value is -1.16. The summed E-state index contributed by atoms with van der Waals surface area (Å²) in [5.74, 6) is 4.51. The number of fused-ring (bicyclic) bond motifs is 1. The zero-order valence-electron chi connectivity index (χ0n) is 9.10. The van der Waals surface area contributed by atoms with E-state index in [1.807, 2.05) is 18.3 Å². The van der Waals surface area contributed by atoms with Crippen LogP contribution in [0.15, 0.2) is 24.5 Å². The van der Waals surface area contributed by atoms with Crippen LogP contribution in [0.1, 0.15) is 12.2 Å². The Morgan fingerprint density at radius 2 is 2.50 bits per heavy atom. The van der Waals surface area contributed by atoms with Crippen LogP contribution < -0.4 is 5.73 Å². The van der Waals surface area contributed by atoms with Gasteiger partial charge in [0.15, 0.2) is 0 Å². The largest absolute Gasteiger partial charge is 0.397 e. The summed E-state index contributed by atoms with van der Waals surface area (Å²) >= 11 is 2.05. The summed E-state index contributed by atoms with van der Waals surface area (Å²) in [6, 6.07) is 3.91. The molecule has 3 rings (SSSR count). The SMILES string of the molecule is Nc1cccn2c(CC3CCSC3)ncc12. The van der Waals surface area contributed by atoms with Crippen molar-refractivity contribution in [2.24, 2.45) is 5.92 Å². The molecule has 0 bridgehead atoms. The predicted octanol–water partition coefficient (Wildman–Crippen LogP) is 2.21. The number of aromatic nitrogens is 2. The second-order valence-corrected chi connectivity index (χ2v) is 5.48. The second kappa shape index (κ2) is 4.01. The summed E-state index contributed by atoms with van der Waals surface area (Å²) in [6.45, 7) is 0. The summed E-state index contributed by atoms with van der Waals surface area (Å²) in [5, 5.41) is 0. The number of rotatable bonds is 2. The molecule has 3 heterocycles. The van der Waals surface area contributed by atoms with E-state index in [9.17, 15) is 0 Å². The number of pyridine rings is 1. The molecule has 2 aromatic rings. The van der Waals surface area contributed by atoms with Gasteiger partial charge in [-0.15, -0.1) is 0 Å². The molecule has 16 heavy (non-hydrogen) atoms. The second-order valence-electron chi connectivity index (χ2n) is 4.33. The van der Waals surface area contributed by atoms with Crippen molar-refractivity contribution < 1.29 is 0 Å². The molecule has 0 aromatic carbocycles. The van der Waals surface area contributed by atoms with Crippen molar-refractivity contribution in [3.63, 3.8) is 0 Å². The molecule has 4 heteroatoms. The van der Waals surface area contributed by atoms with Crippen molar-refractivity contribution in [3.8, 4) is 0 Å². The maximum Gasteiger partial charge on any atom is 0.113 e. The summed E-state index contributed by atoms with van der Waals surface area (Å²) in [7, 11) is 0. The summed E-state index contributed by atoms with van der Waals surface area (Å²) in [5.41, 5.74) is 7.75. The number of thioether (sulfide) groups is 1. The monoisotopic (exact) mass is 233 g/mol. The normalized spacial score (nSPS) is 20.6. The number of hydrogen-bond donors (Lipinski definition) is 1. The van der Waals surface area contributed by atoms with Gasteiger partial charge in [-0.2, -0.15) is 11.8 Å². The lowest BCUT2D eigenvalue weighted by Gasteiger charge is -2.07. The molecular formula is C12H15N3S. The first kappa shape index (κ1) is 10.0. The van der Waals surface area contributed by atoms with Gasteiger partial charge in [0.05, 0.1) is 17.4 Å². The third-order valence-electron chi connectivity index (χ3n) is 3.18. The molecule has 3 nitrogen and oxygen atoms in total. The fourth-order valence-corrected chi connectivity index (χ4v) is 3.54. The van der Waals surface area contributed by atoms with Gasteiger partial charge in [0.2, 0.25) is 0 Å². The first-order valence-corrected chi connectivity index (χ1v) is 6.78. The molecule has 1 atom stereocenters. The summed E-state index contributed by atoms with van der Waals surface area (Å²) in [6.07, 6.45) is 6.33. The standard InChI is InChI=1S/C12H15N3S/c13-10-2-1-4-15-11(10)7-14-12(15)6-9-3-5-16-8-9/h1-2,4,7,9H,3,5-6,8,13H2. The average molecular weight is 233 g/mol. The van der Waals surface area contributed by atoms with Crippen molar-refractivity contribution >= 4 is 23.0 Å². The van der Waals surface area contributed by atoms with Crippen LogP contribution in [0.5, 0.6) is 0 Å². The van der Waals surface area contributed by atoms with Crippen LogP contribution in [0, 0.1) is 5.92 Å². The first-order valence-electron chi connectivity index (χ1n) is 5.63. The van der Waals surface area contributed by atoms with E-state index in [-0.39, 0.29) is 0 Å². The fraction of sp³-hybridized carbons (Fsp3) is 0.417. The molecule has 1 fully saturated rings. The predicted molar refractivity (Wildman–Crippen MR) is 68.7 cm³/mol. The highest BCUT2D eigenvalue weighted by Gasteiger charge is 2.18. The van der Waals surface area contributed by atoms with Crippen molar-refractivity contribution in [2.45, 2.75) is 12.8 Å². The lowest BCUT2D eigenvalue weighted by atomic mass is 10.1. The van der Waals surface area contributed by atoms with Gasteiger partial charge in [0.1, 0.15) is 5.82 Å². The van der Waals surface area contributed by atoms with E-state index in [1.54, 1.807) is 0 Å². The summed E-state index contributed by atoms with van der Waals surface area (Å²) in [4.78, 5) is 4.49. The molecule has 1 saturated heterocycles. The van der Waals surface area contributed by atoms with E-state index < -0.39 is 0 Å². The summed E-state index contributed by atoms with van der Waals surface area (Å²) < 4.78 is 2.12. The van der Waals surface area contributed by atoms with Gasteiger partial charge in [-0.05, 0) is 36.0 Å². The number of nitrogens with zero attached hydrogens (tertiary/aromatic N) is 2. The minimum atomic E-state index is 0.789. The molecule has 0 amide bonds. The van der Waals surface area contributed by atoms with E-state index >= 15 is 0 Å². The van der Waals surface area contributed by atoms with Gasteiger partial charge in [-0.3, -0.25) is 0 Å². The Morgan fingerprint density at radius 1 is 1.56 bits per heavy atom. The van der Waals surface area contributed by atoms with Crippen LogP contribution in [0.4, 0.5) is 5.69 Å². The highest BCUT2D eigenvalue weighted by molar-refractivity contribution is 7.99. The molecule has 1 aliphatic rings. The molecule has 0 aliphatic carbocycles. The molecule has 0 radical (unpaired) electrons. The minimum Gasteiger partial charge on any atom is -0.397 e. The van der Waals surface area contributed by atoms with Gasteiger partial charge in [-0.1, -0.05) is 0 Å². The van der Waals surface area contributed by atoms with Crippen molar-refractivity contribution in [3.05, 3.63) is 30.4 Å². The molecule has 0 spiro atoms. The number of nitrogens with two attached hydrogens (primary N) is 1. The number of hydrogen-bond acceptors (Lipinski definition) is 3. The van der Waals surface area contributed by atoms with Gasteiger partial charge in [-0.25, -0.2) is 4.98 Å². The Bertz CT molecular complexity index is 500. The quantitative estimate of drug-likeness (QED) is 0.865. The van der Waals surface area contributed by atoms with Crippen molar-refractivity contribution in [2.75, 3.05) is 17.2 Å². The maximum atomic E-state index is 5.91. The Kier molecular flexibility index (Phi) is 2.52. The molecule has 2 aromatic heterocycles. The topological polar surface area (TPSA) is 43.3 Å². The third kappa shape index (κ3) is 1.67. The van der Waals surface area contributed by atoms with Gasteiger partial charge in [0.25, 0.3) is 0 Å². The Morgan fingerprint density at radius 3 is 3.31 bits per heavy atom. The highest BCUT2D eigenvalue weighted by atomic mass is 32.2.